The molecule has 19 heavy (non-hydrogen) atoms. The molecule has 2 rings (SSSR count). The van der Waals surface area contributed by atoms with Gasteiger partial charge in [-0.05, 0) is 29.8 Å². The Hall–Kier alpha value is -2.12. The fraction of sp³-hybridized carbons (Fsp3) is 0.0714. The summed E-state index contributed by atoms with van der Waals surface area (Å²) in [5, 5.41) is 9.00. The predicted octanol–water partition coefficient (Wildman–Crippen LogP) is 4.37. The van der Waals surface area contributed by atoms with E-state index in [4.69, 9.17) is 21.6 Å². The Kier molecular flexibility index (Phi) is 3.98. The summed E-state index contributed by atoms with van der Waals surface area (Å²) >= 11 is 5.66. The van der Waals surface area contributed by atoms with Gasteiger partial charge in [-0.15, -0.1) is 11.6 Å². The van der Waals surface area contributed by atoms with Crippen LogP contribution in [0.1, 0.15) is 11.1 Å². The van der Waals surface area contributed by atoms with Gasteiger partial charge in [0, 0.05) is 11.9 Å². The molecule has 0 N–H and O–H groups in total. The van der Waals surface area contributed by atoms with E-state index >= 15 is 0 Å². The zero-order valence-corrected chi connectivity index (χ0v) is 10.4. The molecule has 96 valence electrons. The van der Waals surface area contributed by atoms with Gasteiger partial charge >= 0.3 is 0 Å². The number of ether oxygens (including phenoxy) is 1. The van der Waals surface area contributed by atoms with E-state index in [0.717, 1.165) is 11.6 Å². The van der Waals surface area contributed by atoms with Crippen molar-refractivity contribution in [1.82, 2.24) is 0 Å². The summed E-state index contributed by atoms with van der Waals surface area (Å²) in [6, 6.07) is 9.66. The summed E-state index contributed by atoms with van der Waals surface area (Å²) in [6.07, 6.45) is 0. The van der Waals surface area contributed by atoms with Crippen LogP contribution in [-0.4, -0.2) is 0 Å². The topological polar surface area (TPSA) is 33.0 Å². The number of rotatable bonds is 3. The zero-order chi connectivity index (χ0) is 13.8. The molecule has 2 nitrogen and oxygen atoms in total. The van der Waals surface area contributed by atoms with Gasteiger partial charge in [0.05, 0.1) is 5.56 Å². The first-order valence-corrected chi connectivity index (χ1v) is 5.89. The molecule has 0 spiro atoms. The average Bonchev–Trinajstić information content (AvgIpc) is 2.42. The van der Waals surface area contributed by atoms with E-state index in [1.807, 2.05) is 6.07 Å². The SMILES string of the molecule is N#Cc1cc(CCl)ccc1Oc1ccc(F)cc1F. The van der Waals surface area contributed by atoms with E-state index in [1.165, 1.54) is 12.1 Å². The Labute approximate surface area is 113 Å². The second-order valence-corrected chi connectivity index (χ2v) is 4.02. The highest BCUT2D eigenvalue weighted by Crippen LogP contribution is 2.28. The summed E-state index contributed by atoms with van der Waals surface area (Å²) in [5.74, 6) is -1.20. The molecule has 0 bridgehead atoms. The van der Waals surface area contributed by atoms with E-state index in [-0.39, 0.29) is 22.9 Å². The Balaban J connectivity index is 2.35. The molecule has 5 heteroatoms. The first kappa shape index (κ1) is 13.3. The van der Waals surface area contributed by atoms with Crippen LogP contribution in [0.15, 0.2) is 36.4 Å². The normalized spacial score (nSPS) is 10.0. The second kappa shape index (κ2) is 5.68. The van der Waals surface area contributed by atoms with Gasteiger partial charge in [0.15, 0.2) is 11.6 Å². The minimum Gasteiger partial charge on any atom is -0.453 e. The van der Waals surface area contributed by atoms with E-state index in [2.05, 4.69) is 0 Å². The number of hydrogen-bond donors (Lipinski definition) is 0. The van der Waals surface area contributed by atoms with Crippen molar-refractivity contribution in [2.75, 3.05) is 0 Å². The van der Waals surface area contributed by atoms with E-state index in [9.17, 15) is 8.78 Å². The monoisotopic (exact) mass is 279 g/mol. The van der Waals surface area contributed by atoms with Crippen molar-refractivity contribution in [2.45, 2.75) is 5.88 Å². The van der Waals surface area contributed by atoms with Gasteiger partial charge in [0.25, 0.3) is 0 Å². The van der Waals surface area contributed by atoms with E-state index in [0.29, 0.717) is 6.07 Å². The molecule has 0 saturated carbocycles. The molecular formula is C14H8ClF2NO. The molecule has 2 aromatic carbocycles. The third kappa shape index (κ3) is 3.01. The van der Waals surface area contributed by atoms with Gasteiger partial charge in [-0.3, -0.25) is 0 Å². The molecule has 0 aliphatic rings. The van der Waals surface area contributed by atoms with Crippen LogP contribution in [0.3, 0.4) is 0 Å². The average molecular weight is 280 g/mol. The molecule has 0 atom stereocenters. The van der Waals surface area contributed by atoms with E-state index in [1.54, 1.807) is 12.1 Å². The number of alkyl halides is 1. The first-order valence-electron chi connectivity index (χ1n) is 5.36. The Morgan fingerprint density at radius 2 is 1.84 bits per heavy atom. The van der Waals surface area contributed by atoms with Crippen LogP contribution in [0.25, 0.3) is 0 Å². The van der Waals surface area contributed by atoms with Crippen LogP contribution in [0.2, 0.25) is 0 Å². The molecule has 0 unspecified atom stereocenters. The lowest BCUT2D eigenvalue weighted by atomic mass is 10.1. The molecule has 0 radical (unpaired) electrons. The standard InChI is InChI=1S/C14H8ClF2NO/c15-7-9-1-3-13(10(5-9)8-18)19-14-4-2-11(16)6-12(14)17/h1-6H,7H2. The second-order valence-electron chi connectivity index (χ2n) is 3.75. The largest absolute Gasteiger partial charge is 0.453 e. The first-order chi connectivity index (χ1) is 9.13. The predicted molar refractivity (Wildman–Crippen MR) is 67.1 cm³/mol. The number of halogens is 3. The highest BCUT2D eigenvalue weighted by atomic mass is 35.5. The van der Waals surface area contributed by atoms with Crippen molar-refractivity contribution in [3.05, 3.63) is 59.2 Å². The van der Waals surface area contributed by atoms with Crippen molar-refractivity contribution in [1.29, 1.82) is 5.26 Å². The molecule has 0 aromatic heterocycles. The van der Waals surface area contributed by atoms with Gasteiger partial charge in [-0.25, -0.2) is 8.78 Å². The quantitative estimate of drug-likeness (QED) is 0.782. The van der Waals surface area contributed by atoms with E-state index < -0.39 is 11.6 Å². The molecule has 0 heterocycles. The Morgan fingerprint density at radius 3 is 2.47 bits per heavy atom. The maximum absolute atomic E-state index is 13.4. The minimum atomic E-state index is -0.828. The maximum Gasteiger partial charge on any atom is 0.168 e. The molecule has 0 fully saturated rings. The third-order valence-corrected chi connectivity index (χ3v) is 2.74. The summed E-state index contributed by atoms with van der Waals surface area (Å²) in [4.78, 5) is 0. The molecule has 0 saturated heterocycles. The third-order valence-electron chi connectivity index (χ3n) is 2.43. The summed E-state index contributed by atoms with van der Waals surface area (Å²) in [6.45, 7) is 0. The lowest BCUT2D eigenvalue weighted by Crippen LogP contribution is -1.93. The number of nitriles is 1. The van der Waals surface area contributed by atoms with Gasteiger partial charge in [-0.2, -0.15) is 5.26 Å². The van der Waals surface area contributed by atoms with Crippen LogP contribution in [0.5, 0.6) is 11.5 Å². The Bertz CT molecular complexity index is 652. The van der Waals surface area contributed by atoms with Crippen molar-refractivity contribution in [2.24, 2.45) is 0 Å². The molecular weight excluding hydrogens is 272 g/mol. The molecule has 0 amide bonds. The maximum atomic E-state index is 13.4. The molecule has 2 aromatic rings. The van der Waals surface area contributed by atoms with Crippen molar-refractivity contribution >= 4 is 11.6 Å². The summed E-state index contributed by atoms with van der Waals surface area (Å²) in [7, 11) is 0. The van der Waals surface area contributed by atoms with Crippen LogP contribution in [0, 0.1) is 23.0 Å². The van der Waals surface area contributed by atoms with Gasteiger partial charge in [0.2, 0.25) is 0 Å². The summed E-state index contributed by atoms with van der Waals surface area (Å²) < 4.78 is 31.5. The van der Waals surface area contributed by atoms with Crippen LogP contribution in [-0.2, 0) is 5.88 Å². The fourth-order valence-corrected chi connectivity index (χ4v) is 1.68. The molecule has 0 aliphatic carbocycles. The lowest BCUT2D eigenvalue weighted by molar-refractivity contribution is 0.436. The highest BCUT2D eigenvalue weighted by Gasteiger charge is 2.10. The van der Waals surface area contributed by atoms with Crippen LogP contribution in [0.4, 0.5) is 8.78 Å². The molecule has 0 aliphatic heterocycles. The van der Waals surface area contributed by atoms with Gasteiger partial charge < -0.3 is 4.74 Å². The zero-order valence-electron chi connectivity index (χ0n) is 9.66. The van der Waals surface area contributed by atoms with Crippen LogP contribution < -0.4 is 4.74 Å². The van der Waals surface area contributed by atoms with Crippen molar-refractivity contribution < 1.29 is 13.5 Å². The minimum absolute atomic E-state index is 0.142. The number of hydrogen-bond acceptors (Lipinski definition) is 2. The Morgan fingerprint density at radius 1 is 1.11 bits per heavy atom. The van der Waals surface area contributed by atoms with Crippen LogP contribution >= 0.6 is 11.6 Å². The smallest absolute Gasteiger partial charge is 0.168 e. The van der Waals surface area contributed by atoms with Gasteiger partial charge in [0.1, 0.15) is 17.6 Å². The van der Waals surface area contributed by atoms with Crippen molar-refractivity contribution in [3.63, 3.8) is 0 Å². The lowest BCUT2D eigenvalue weighted by Gasteiger charge is -2.09. The fourth-order valence-electron chi connectivity index (χ4n) is 1.51. The van der Waals surface area contributed by atoms with Gasteiger partial charge in [-0.1, -0.05) is 6.07 Å². The number of benzene rings is 2. The highest BCUT2D eigenvalue weighted by molar-refractivity contribution is 6.17. The number of nitrogens with zero attached hydrogens (tertiary/aromatic N) is 1. The summed E-state index contributed by atoms with van der Waals surface area (Å²) in [5.41, 5.74) is 0.993. The van der Waals surface area contributed by atoms with Crippen molar-refractivity contribution in [3.8, 4) is 17.6 Å².